The van der Waals surface area contributed by atoms with Crippen LogP contribution in [-0.4, -0.2) is 27.6 Å². The van der Waals surface area contributed by atoms with E-state index in [0.717, 1.165) is 5.56 Å². The molecule has 1 aliphatic heterocycles. The molecule has 0 unspecified atom stereocenters. The van der Waals surface area contributed by atoms with E-state index in [0.29, 0.717) is 9.23 Å². The predicted octanol–water partition coefficient (Wildman–Crippen LogP) is 2.33. The topological polar surface area (TPSA) is 60.4 Å². The van der Waals surface area contributed by atoms with Gasteiger partial charge in [0.05, 0.1) is 4.91 Å². The summed E-state index contributed by atoms with van der Waals surface area (Å²) in [6.07, 6.45) is 1.56. The molecule has 0 spiro atoms. The second-order valence-corrected chi connectivity index (χ2v) is 8.00. The molecule has 0 aliphatic carbocycles. The van der Waals surface area contributed by atoms with Gasteiger partial charge in [-0.05, 0) is 22.6 Å². The highest BCUT2D eigenvalue weighted by molar-refractivity contribution is 8.26. The van der Waals surface area contributed by atoms with Crippen LogP contribution in [0.25, 0.3) is 6.08 Å². The van der Waals surface area contributed by atoms with Crippen molar-refractivity contribution in [1.29, 1.82) is 0 Å². The van der Waals surface area contributed by atoms with Crippen molar-refractivity contribution in [3.05, 3.63) is 40.3 Å². The minimum atomic E-state index is -1.19. The van der Waals surface area contributed by atoms with Gasteiger partial charge in [0, 0.05) is 18.9 Å². The predicted molar refractivity (Wildman–Crippen MR) is 94.6 cm³/mol. The summed E-state index contributed by atoms with van der Waals surface area (Å²) in [7, 11) is 0. The van der Waals surface area contributed by atoms with Crippen LogP contribution in [-0.2, 0) is 15.0 Å². The van der Waals surface area contributed by atoms with Crippen LogP contribution < -0.4 is 5.11 Å². The number of amides is 1. The van der Waals surface area contributed by atoms with Crippen LogP contribution in [0.4, 0.5) is 0 Å². The fourth-order valence-corrected chi connectivity index (χ4v) is 3.44. The largest absolute Gasteiger partial charge is 0.550 e. The molecule has 1 fully saturated rings. The molecule has 4 nitrogen and oxygen atoms in total. The van der Waals surface area contributed by atoms with Crippen LogP contribution in [0, 0.1) is 0 Å². The summed E-state index contributed by atoms with van der Waals surface area (Å²) in [5.41, 5.74) is 2.21. The maximum absolute atomic E-state index is 12.3. The Balaban J connectivity index is 2.15. The number of carbonyl (C=O) groups excluding carboxylic acids is 2. The van der Waals surface area contributed by atoms with Gasteiger partial charge in [-0.2, -0.15) is 0 Å². The number of carboxylic acid groups (broad SMARTS) is 1. The second-order valence-electron chi connectivity index (χ2n) is 6.33. The molecule has 1 aromatic carbocycles. The molecule has 6 heteroatoms. The fourth-order valence-electron chi connectivity index (χ4n) is 2.13. The number of benzene rings is 1. The van der Waals surface area contributed by atoms with Crippen molar-refractivity contribution in [3.8, 4) is 0 Å². The Morgan fingerprint density at radius 3 is 2.43 bits per heavy atom. The minimum Gasteiger partial charge on any atom is -0.550 e. The first kappa shape index (κ1) is 17.7. The van der Waals surface area contributed by atoms with Crippen molar-refractivity contribution in [3.63, 3.8) is 0 Å². The van der Waals surface area contributed by atoms with Crippen molar-refractivity contribution in [2.24, 2.45) is 0 Å². The molecule has 0 radical (unpaired) electrons. The van der Waals surface area contributed by atoms with Crippen molar-refractivity contribution >= 4 is 46.3 Å². The van der Waals surface area contributed by atoms with E-state index in [9.17, 15) is 14.7 Å². The van der Waals surface area contributed by atoms with E-state index in [1.54, 1.807) is 6.08 Å². The molecule has 1 saturated heterocycles. The van der Waals surface area contributed by atoms with Crippen LogP contribution in [0.15, 0.2) is 29.2 Å². The Morgan fingerprint density at radius 2 is 1.91 bits per heavy atom. The summed E-state index contributed by atoms with van der Waals surface area (Å²) in [4.78, 5) is 24.7. The van der Waals surface area contributed by atoms with Gasteiger partial charge in [0.15, 0.2) is 0 Å². The standard InChI is InChI=1S/C17H19NO3S2/c1-17(2,3)12-6-4-11(5-7-12)10-13-15(21)18(16(22)23-13)9-8-14(19)20/h4-7,10H,8-9H2,1-3H3,(H,19,20)/p-1/b13-10+. The van der Waals surface area contributed by atoms with Crippen molar-refractivity contribution in [2.45, 2.75) is 32.6 Å². The molecule has 2 rings (SSSR count). The van der Waals surface area contributed by atoms with E-state index >= 15 is 0 Å². The van der Waals surface area contributed by atoms with Crippen LogP contribution in [0.5, 0.6) is 0 Å². The summed E-state index contributed by atoms with van der Waals surface area (Å²) in [6.45, 7) is 6.48. The van der Waals surface area contributed by atoms with E-state index in [1.807, 2.05) is 24.3 Å². The van der Waals surface area contributed by atoms with Gasteiger partial charge in [-0.1, -0.05) is 69.0 Å². The van der Waals surface area contributed by atoms with Gasteiger partial charge < -0.3 is 9.90 Å². The van der Waals surface area contributed by atoms with Gasteiger partial charge in [0.25, 0.3) is 5.91 Å². The number of carboxylic acids is 1. The third kappa shape index (κ3) is 4.42. The first-order chi connectivity index (χ1) is 10.7. The SMILES string of the molecule is CC(C)(C)c1ccc(/C=C2/SC(=S)N(CCC(=O)[O-])C2=O)cc1. The first-order valence-corrected chi connectivity index (χ1v) is 8.47. The molecule has 23 heavy (non-hydrogen) atoms. The minimum absolute atomic E-state index is 0.0489. The molecule has 1 aromatic rings. The van der Waals surface area contributed by atoms with E-state index in [2.05, 4.69) is 20.8 Å². The molecule has 0 saturated carbocycles. The number of hydrogen-bond donors (Lipinski definition) is 0. The van der Waals surface area contributed by atoms with Crippen LogP contribution in [0.1, 0.15) is 38.3 Å². The summed E-state index contributed by atoms with van der Waals surface area (Å²) in [6, 6.07) is 8.02. The highest BCUT2D eigenvalue weighted by atomic mass is 32.2. The molecule has 0 N–H and O–H groups in total. The molecular weight excluding hydrogens is 330 g/mol. The zero-order chi connectivity index (χ0) is 17.2. The molecule has 0 bridgehead atoms. The monoisotopic (exact) mass is 348 g/mol. The quantitative estimate of drug-likeness (QED) is 0.617. The summed E-state index contributed by atoms with van der Waals surface area (Å²) in [5.74, 6) is -1.44. The van der Waals surface area contributed by atoms with Gasteiger partial charge in [-0.25, -0.2) is 0 Å². The number of thiocarbonyl (C=S) groups is 1. The van der Waals surface area contributed by atoms with Gasteiger partial charge in [-0.3, -0.25) is 9.69 Å². The smallest absolute Gasteiger partial charge is 0.266 e. The molecular formula is C17H18NO3S2-. The molecule has 1 heterocycles. The van der Waals surface area contributed by atoms with Crippen molar-refractivity contribution in [1.82, 2.24) is 4.90 Å². The van der Waals surface area contributed by atoms with Crippen molar-refractivity contribution in [2.75, 3.05) is 6.54 Å². The maximum atomic E-state index is 12.3. The lowest BCUT2D eigenvalue weighted by Crippen LogP contribution is -2.33. The number of nitrogens with zero attached hydrogens (tertiary/aromatic N) is 1. The number of rotatable bonds is 4. The lowest BCUT2D eigenvalue weighted by molar-refractivity contribution is -0.305. The highest BCUT2D eigenvalue weighted by Gasteiger charge is 2.31. The normalized spacial score (nSPS) is 17.2. The number of aliphatic carboxylic acids is 1. The Bertz CT molecular complexity index is 672. The lowest BCUT2D eigenvalue weighted by Gasteiger charge is -2.18. The molecule has 0 aromatic heterocycles. The molecule has 122 valence electrons. The zero-order valence-corrected chi connectivity index (χ0v) is 14.9. The van der Waals surface area contributed by atoms with E-state index in [4.69, 9.17) is 12.2 Å². The summed E-state index contributed by atoms with van der Waals surface area (Å²) < 4.78 is 0.383. The van der Waals surface area contributed by atoms with Crippen LogP contribution in [0.3, 0.4) is 0 Å². The van der Waals surface area contributed by atoms with Crippen molar-refractivity contribution < 1.29 is 14.7 Å². The highest BCUT2D eigenvalue weighted by Crippen LogP contribution is 2.33. The average Bonchev–Trinajstić information content (AvgIpc) is 2.71. The lowest BCUT2D eigenvalue weighted by atomic mass is 9.87. The maximum Gasteiger partial charge on any atom is 0.266 e. The summed E-state index contributed by atoms with van der Waals surface area (Å²) in [5, 5.41) is 10.5. The third-order valence-electron chi connectivity index (χ3n) is 3.49. The van der Waals surface area contributed by atoms with Crippen LogP contribution in [0.2, 0.25) is 0 Å². The molecule has 0 atom stereocenters. The second kappa shape index (κ2) is 6.84. The van der Waals surface area contributed by atoms with Gasteiger partial charge in [0.1, 0.15) is 4.32 Å². The Labute approximate surface area is 145 Å². The van der Waals surface area contributed by atoms with Gasteiger partial charge in [-0.15, -0.1) is 0 Å². The van der Waals surface area contributed by atoms with Crippen LogP contribution >= 0.6 is 24.0 Å². The number of carbonyl (C=O) groups is 2. The number of hydrogen-bond acceptors (Lipinski definition) is 5. The van der Waals surface area contributed by atoms with Gasteiger partial charge in [0.2, 0.25) is 0 Å². The van der Waals surface area contributed by atoms with Gasteiger partial charge >= 0.3 is 0 Å². The third-order valence-corrected chi connectivity index (χ3v) is 4.87. The zero-order valence-electron chi connectivity index (χ0n) is 13.3. The Morgan fingerprint density at radius 1 is 1.30 bits per heavy atom. The molecule has 1 amide bonds. The van der Waals surface area contributed by atoms with E-state index < -0.39 is 5.97 Å². The first-order valence-electron chi connectivity index (χ1n) is 7.24. The Kier molecular flexibility index (Phi) is 5.26. The summed E-state index contributed by atoms with van der Waals surface area (Å²) >= 11 is 6.34. The number of thioether (sulfide) groups is 1. The average molecular weight is 348 g/mol. The molecule has 1 aliphatic rings. The van der Waals surface area contributed by atoms with E-state index in [1.165, 1.54) is 22.2 Å². The fraction of sp³-hybridized carbons (Fsp3) is 0.353. The Hall–Kier alpha value is -1.66. The van der Waals surface area contributed by atoms with E-state index in [-0.39, 0.29) is 24.3 Å².